The number of rotatable bonds is 7. The maximum Gasteiger partial charge on any atom is 0.240 e. The zero-order valence-electron chi connectivity index (χ0n) is 14.9. The van der Waals surface area contributed by atoms with Gasteiger partial charge in [0.05, 0.1) is 11.4 Å². The van der Waals surface area contributed by atoms with Crippen molar-refractivity contribution >= 4 is 27.7 Å². The standard InChI is InChI=1S/C17H28N4O2S2/c1-3-15-14-21(12-13-24-15)17(18-4-2)19-10-11-20-25(22,23)16-8-6-5-7-9-16/h5-9,15,20H,3-4,10-14H2,1-2H3,(H,18,19). The summed E-state index contributed by atoms with van der Waals surface area (Å²) in [4.78, 5) is 7.16. The van der Waals surface area contributed by atoms with Crippen LogP contribution in [0.2, 0.25) is 0 Å². The van der Waals surface area contributed by atoms with E-state index in [0.717, 1.165) is 37.8 Å². The Balaban J connectivity index is 1.91. The lowest BCUT2D eigenvalue weighted by atomic mass is 10.3. The quantitative estimate of drug-likeness (QED) is 0.426. The van der Waals surface area contributed by atoms with Gasteiger partial charge in [0, 0.05) is 37.2 Å². The zero-order chi connectivity index (χ0) is 18.1. The van der Waals surface area contributed by atoms with Crippen LogP contribution in [-0.4, -0.2) is 63.0 Å². The van der Waals surface area contributed by atoms with Crippen LogP contribution in [0.1, 0.15) is 20.3 Å². The van der Waals surface area contributed by atoms with Gasteiger partial charge in [-0.3, -0.25) is 4.99 Å². The van der Waals surface area contributed by atoms with Crippen LogP contribution in [0.3, 0.4) is 0 Å². The highest BCUT2D eigenvalue weighted by molar-refractivity contribution is 8.00. The second-order valence-corrected chi connectivity index (χ2v) is 8.97. The van der Waals surface area contributed by atoms with Crippen LogP contribution < -0.4 is 10.0 Å². The number of nitrogens with one attached hydrogen (secondary N) is 2. The summed E-state index contributed by atoms with van der Waals surface area (Å²) in [6, 6.07) is 8.41. The number of nitrogens with zero attached hydrogens (tertiary/aromatic N) is 2. The molecule has 1 aromatic carbocycles. The van der Waals surface area contributed by atoms with E-state index in [2.05, 4.69) is 26.9 Å². The number of benzene rings is 1. The van der Waals surface area contributed by atoms with Gasteiger partial charge in [-0.05, 0) is 25.5 Å². The number of thioether (sulfide) groups is 1. The summed E-state index contributed by atoms with van der Waals surface area (Å²) in [6.07, 6.45) is 1.15. The number of aliphatic imine (C=N–C) groups is 1. The Hall–Kier alpha value is -1.25. The van der Waals surface area contributed by atoms with Crippen molar-refractivity contribution < 1.29 is 8.42 Å². The minimum atomic E-state index is -3.46. The van der Waals surface area contributed by atoms with Crippen molar-refractivity contribution in [2.75, 3.05) is 38.5 Å². The van der Waals surface area contributed by atoms with E-state index in [1.807, 2.05) is 18.7 Å². The van der Waals surface area contributed by atoms with E-state index < -0.39 is 10.0 Å². The molecule has 1 saturated heterocycles. The third-order valence-corrected chi connectivity index (χ3v) is 6.80. The first-order valence-corrected chi connectivity index (χ1v) is 11.3. The van der Waals surface area contributed by atoms with E-state index in [4.69, 9.17) is 0 Å². The van der Waals surface area contributed by atoms with E-state index in [-0.39, 0.29) is 11.4 Å². The Labute approximate surface area is 155 Å². The molecule has 2 rings (SSSR count). The molecule has 1 fully saturated rings. The first-order chi connectivity index (χ1) is 12.1. The molecule has 1 aliphatic heterocycles. The van der Waals surface area contributed by atoms with Crippen molar-refractivity contribution in [1.29, 1.82) is 0 Å². The van der Waals surface area contributed by atoms with Crippen LogP contribution in [0.4, 0.5) is 0 Å². The lowest BCUT2D eigenvalue weighted by Crippen LogP contribution is -2.48. The van der Waals surface area contributed by atoms with Gasteiger partial charge in [-0.2, -0.15) is 11.8 Å². The predicted molar refractivity (Wildman–Crippen MR) is 106 cm³/mol. The summed E-state index contributed by atoms with van der Waals surface area (Å²) in [6.45, 7) is 7.72. The largest absolute Gasteiger partial charge is 0.357 e. The molecule has 0 saturated carbocycles. The lowest BCUT2D eigenvalue weighted by Gasteiger charge is -2.34. The minimum absolute atomic E-state index is 0.282. The maximum absolute atomic E-state index is 12.2. The maximum atomic E-state index is 12.2. The SMILES string of the molecule is CCNC(=NCCNS(=O)(=O)c1ccccc1)N1CCSC(CC)C1. The molecule has 0 aromatic heterocycles. The van der Waals surface area contributed by atoms with E-state index in [9.17, 15) is 8.42 Å². The van der Waals surface area contributed by atoms with Crippen LogP contribution in [0, 0.1) is 0 Å². The van der Waals surface area contributed by atoms with Crippen molar-refractivity contribution in [3.63, 3.8) is 0 Å². The van der Waals surface area contributed by atoms with Gasteiger partial charge in [0.25, 0.3) is 0 Å². The fourth-order valence-corrected chi connectivity index (χ4v) is 4.83. The molecule has 0 aliphatic carbocycles. The molecule has 0 bridgehead atoms. The third-order valence-electron chi connectivity index (χ3n) is 3.95. The van der Waals surface area contributed by atoms with Gasteiger partial charge in [0.1, 0.15) is 0 Å². The predicted octanol–water partition coefficient (Wildman–Crippen LogP) is 1.76. The first kappa shape index (κ1) is 20.1. The Bertz CT molecular complexity index is 650. The number of hydrogen-bond acceptors (Lipinski definition) is 4. The van der Waals surface area contributed by atoms with Gasteiger partial charge in [0.15, 0.2) is 5.96 Å². The van der Waals surface area contributed by atoms with E-state index in [1.165, 1.54) is 0 Å². The lowest BCUT2D eigenvalue weighted by molar-refractivity contribution is 0.408. The zero-order valence-corrected chi connectivity index (χ0v) is 16.6. The average Bonchev–Trinajstić information content (AvgIpc) is 2.65. The highest BCUT2D eigenvalue weighted by Crippen LogP contribution is 2.21. The van der Waals surface area contributed by atoms with Crippen molar-refractivity contribution in [1.82, 2.24) is 14.9 Å². The van der Waals surface area contributed by atoms with E-state index in [0.29, 0.717) is 11.8 Å². The number of sulfonamides is 1. The second kappa shape index (κ2) is 10.0. The van der Waals surface area contributed by atoms with Crippen molar-refractivity contribution in [3.8, 4) is 0 Å². The molecule has 0 spiro atoms. The Kier molecular flexibility index (Phi) is 8.05. The second-order valence-electron chi connectivity index (χ2n) is 5.79. The number of guanidine groups is 1. The fraction of sp³-hybridized carbons (Fsp3) is 0.588. The first-order valence-electron chi connectivity index (χ1n) is 8.76. The molecule has 0 radical (unpaired) electrons. The van der Waals surface area contributed by atoms with Crippen molar-refractivity contribution in [3.05, 3.63) is 30.3 Å². The Morgan fingerprint density at radius 2 is 2.08 bits per heavy atom. The molecule has 8 heteroatoms. The summed E-state index contributed by atoms with van der Waals surface area (Å²) in [5.74, 6) is 1.98. The van der Waals surface area contributed by atoms with Crippen LogP contribution in [0.15, 0.2) is 40.2 Å². The minimum Gasteiger partial charge on any atom is -0.357 e. The molecule has 1 heterocycles. The summed E-state index contributed by atoms with van der Waals surface area (Å²) in [7, 11) is -3.46. The van der Waals surface area contributed by atoms with Gasteiger partial charge in [-0.1, -0.05) is 25.1 Å². The van der Waals surface area contributed by atoms with Gasteiger partial charge in [-0.15, -0.1) is 0 Å². The Morgan fingerprint density at radius 1 is 1.32 bits per heavy atom. The van der Waals surface area contributed by atoms with E-state index in [1.54, 1.807) is 30.3 Å². The molecule has 1 aromatic rings. The molecule has 140 valence electrons. The molecule has 6 nitrogen and oxygen atoms in total. The summed E-state index contributed by atoms with van der Waals surface area (Å²) >= 11 is 2.02. The average molecular weight is 385 g/mol. The molecule has 1 atom stereocenters. The van der Waals surface area contributed by atoms with Crippen LogP contribution in [0.25, 0.3) is 0 Å². The normalized spacial score (nSPS) is 19.0. The van der Waals surface area contributed by atoms with Gasteiger partial charge in [-0.25, -0.2) is 13.1 Å². The molecule has 1 aliphatic rings. The van der Waals surface area contributed by atoms with Gasteiger partial charge < -0.3 is 10.2 Å². The highest BCUT2D eigenvalue weighted by Gasteiger charge is 2.21. The molecular weight excluding hydrogens is 356 g/mol. The highest BCUT2D eigenvalue weighted by atomic mass is 32.2. The van der Waals surface area contributed by atoms with Crippen molar-refractivity contribution in [2.24, 2.45) is 4.99 Å². The summed E-state index contributed by atoms with van der Waals surface area (Å²) in [5, 5.41) is 3.95. The molecular formula is C17H28N4O2S2. The number of hydrogen-bond donors (Lipinski definition) is 2. The topological polar surface area (TPSA) is 73.8 Å². The molecule has 1 unspecified atom stereocenters. The summed E-state index contributed by atoms with van der Waals surface area (Å²) in [5.41, 5.74) is 0. The van der Waals surface area contributed by atoms with Crippen LogP contribution in [-0.2, 0) is 10.0 Å². The van der Waals surface area contributed by atoms with Crippen molar-refractivity contribution in [2.45, 2.75) is 30.4 Å². The monoisotopic (exact) mass is 384 g/mol. The van der Waals surface area contributed by atoms with Gasteiger partial charge >= 0.3 is 0 Å². The van der Waals surface area contributed by atoms with Crippen LogP contribution in [0.5, 0.6) is 0 Å². The molecule has 0 amide bonds. The fourth-order valence-electron chi connectivity index (χ4n) is 2.61. The Morgan fingerprint density at radius 3 is 2.76 bits per heavy atom. The molecule has 25 heavy (non-hydrogen) atoms. The van der Waals surface area contributed by atoms with E-state index >= 15 is 0 Å². The summed E-state index contributed by atoms with van der Waals surface area (Å²) < 4.78 is 27.0. The van der Waals surface area contributed by atoms with Crippen LogP contribution >= 0.6 is 11.8 Å². The van der Waals surface area contributed by atoms with Gasteiger partial charge in [0.2, 0.25) is 10.0 Å². The molecule has 2 N–H and O–H groups in total. The smallest absolute Gasteiger partial charge is 0.240 e. The third kappa shape index (κ3) is 6.20.